The zero-order valence-corrected chi connectivity index (χ0v) is 20.6. The molecule has 2 heterocycles. The molecule has 9 heteroatoms. The van der Waals surface area contributed by atoms with Crippen molar-refractivity contribution in [1.29, 1.82) is 0 Å². The zero-order chi connectivity index (χ0) is 25.5. The molecule has 0 aliphatic carbocycles. The quantitative estimate of drug-likeness (QED) is 0.514. The molecule has 2 atom stereocenters. The number of benzene rings is 2. The molecule has 2 fully saturated rings. The number of ether oxygens (including phenoxy) is 3. The zero-order valence-electron chi connectivity index (χ0n) is 20.6. The Morgan fingerprint density at radius 1 is 1.03 bits per heavy atom. The van der Waals surface area contributed by atoms with Crippen molar-refractivity contribution in [1.82, 2.24) is 4.90 Å². The minimum Gasteiger partial charge on any atom is -0.491 e. The molecule has 36 heavy (non-hydrogen) atoms. The molecular formula is C27H34N2O7. The summed E-state index contributed by atoms with van der Waals surface area (Å²) in [5.74, 6) is 0.374. The second-order valence-electron chi connectivity index (χ2n) is 9.34. The number of aliphatic hydroxyl groups is 1. The van der Waals surface area contributed by atoms with Crippen molar-refractivity contribution in [2.45, 2.75) is 37.9 Å². The van der Waals surface area contributed by atoms with Gasteiger partial charge in [0.2, 0.25) is 5.91 Å². The number of aliphatic hydroxyl groups excluding tert-OH is 1. The number of aliphatic carboxylic acids is 1. The molecule has 0 bridgehead atoms. The van der Waals surface area contributed by atoms with Crippen LogP contribution in [0.1, 0.15) is 25.3 Å². The van der Waals surface area contributed by atoms with E-state index in [-0.39, 0.29) is 25.5 Å². The van der Waals surface area contributed by atoms with Gasteiger partial charge >= 0.3 is 5.97 Å². The number of hydrogen-bond acceptors (Lipinski definition) is 7. The van der Waals surface area contributed by atoms with Crippen LogP contribution in [0.5, 0.6) is 11.5 Å². The predicted octanol–water partition coefficient (Wildman–Crippen LogP) is 2.35. The minimum atomic E-state index is -1.18. The number of carboxylic acids is 1. The first kappa shape index (κ1) is 25.8. The Hall–Kier alpha value is -3.30. The summed E-state index contributed by atoms with van der Waals surface area (Å²) in [6.07, 6.45) is 0.654. The first-order valence-electron chi connectivity index (χ1n) is 12.4. The lowest BCUT2D eigenvalue weighted by molar-refractivity contribution is -0.159. The summed E-state index contributed by atoms with van der Waals surface area (Å²) in [5.41, 5.74) is 0.706. The number of amides is 1. The second kappa shape index (κ2) is 11.6. The van der Waals surface area contributed by atoms with Gasteiger partial charge in [0.1, 0.15) is 30.8 Å². The minimum absolute atomic E-state index is 0.0442. The summed E-state index contributed by atoms with van der Waals surface area (Å²) in [6, 6.07) is 14.9. The molecule has 2 unspecified atom stereocenters. The van der Waals surface area contributed by atoms with Crippen LogP contribution in [-0.4, -0.2) is 84.7 Å². The molecule has 0 radical (unpaired) electrons. The Kier molecular flexibility index (Phi) is 8.32. The standard InChI is InChI=1S/C27H34N2O7/c1-20(30)28-11-13-29(14-12-28)22-6-8-24(9-7-22)34-18-23(31)19-35-25-5-2-4-21(16-25)17-27(26(32)33)10-3-15-36-27/h2,4-9,16,23,31H,3,10-15,17-19H2,1H3,(H,32,33). The van der Waals surface area contributed by atoms with E-state index in [1.54, 1.807) is 25.1 Å². The summed E-state index contributed by atoms with van der Waals surface area (Å²) in [7, 11) is 0. The van der Waals surface area contributed by atoms with Gasteiger partial charge in [-0.2, -0.15) is 0 Å². The number of piperazine rings is 1. The molecule has 1 amide bonds. The lowest BCUT2D eigenvalue weighted by atomic mass is 9.91. The Morgan fingerprint density at radius 3 is 2.33 bits per heavy atom. The van der Waals surface area contributed by atoms with E-state index in [1.165, 1.54) is 0 Å². The van der Waals surface area contributed by atoms with E-state index in [0.29, 0.717) is 24.5 Å². The van der Waals surface area contributed by atoms with Crippen molar-refractivity contribution in [3.05, 3.63) is 54.1 Å². The van der Waals surface area contributed by atoms with Gasteiger partial charge in [-0.15, -0.1) is 0 Å². The molecule has 2 saturated heterocycles. The predicted molar refractivity (Wildman–Crippen MR) is 134 cm³/mol. The van der Waals surface area contributed by atoms with Gasteiger partial charge in [-0.05, 0) is 54.8 Å². The Bertz CT molecular complexity index is 1030. The average molecular weight is 499 g/mol. The third-order valence-electron chi connectivity index (χ3n) is 6.69. The van der Waals surface area contributed by atoms with Crippen molar-refractivity contribution in [3.8, 4) is 11.5 Å². The number of nitrogens with zero attached hydrogens (tertiary/aromatic N) is 2. The monoisotopic (exact) mass is 498 g/mol. The highest BCUT2D eigenvalue weighted by Crippen LogP contribution is 2.31. The molecule has 9 nitrogen and oxygen atoms in total. The fourth-order valence-electron chi connectivity index (χ4n) is 4.62. The van der Waals surface area contributed by atoms with Crippen LogP contribution in [0.4, 0.5) is 5.69 Å². The van der Waals surface area contributed by atoms with Crippen molar-refractivity contribution in [2.75, 3.05) is 50.9 Å². The van der Waals surface area contributed by atoms with Crippen molar-refractivity contribution in [3.63, 3.8) is 0 Å². The number of carbonyl (C=O) groups is 2. The summed E-state index contributed by atoms with van der Waals surface area (Å²) >= 11 is 0. The molecule has 2 aromatic carbocycles. The van der Waals surface area contributed by atoms with Crippen LogP contribution in [0.25, 0.3) is 0 Å². The molecule has 0 saturated carbocycles. The molecule has 0 spiro atoms. The van der Waals surface area contributed by atoms with E-state index in [1.807, 2.05) is 35.2 Å². The number of rotatable bonds is 10. The van der Waals surface area contributed by atoms with E-state index >= 15 is 0 Å². The summed E-state index contributed by atoms with van der Waals surface area (Å²) in [5, 5.41) is 19.9. The number of carbonyl (C=O) groups excluding carboxylic acids is 1. The van der Waals surface area contributed by atoms with E-state index in [0.717, 1.165) is 43.9 Å². The highest BCUT2D eigenvalue weighted by molar-refractivity contribution is 5.78. The second-order valence-corrected chi connectivity index (χ2v) is 9.34. The van der Waals surface area contributed by atoms with Crippen molar-refractivity contribution in [2.24, 2.45) is 0 Å². The SMILES string of the molecule is CC(=O)N1CCN(c2ccc(OCC(O)COc3cccc(CC4(C(=O)O)CCCO4)c3)cc2)CC1. The lowest BCUT2D eigenvalue weighted by Crippen LogP contribution is -2.48. The molecule has 2 aromatic rings. The summed E-state index contributed by atoms with van der Waals surface area (Å²) in [4.78, 5) is 27.3. The van der Waals surface area contributed by atoms with Gasteiger partial charge in [0.25, 0.3) is 0 Å². The van der Waals surface area contributed by atoms with Gasteiger partial charge in [-0.25, -0.2) is 4.79 Å². The van der Waals surface area contributed by atoms with Gasteiger partial charge < -0.3 is 34.2 Å². The highest BCUT2D eigenvalue weighted by atomic mass is 16.5. The first-order chi connectivity index (χ1) is 17.3. The summed E-state index contributed by atoms with van der Waals surface area (Å²) in [6.45, 7) is 5.20. The summed E-state index contributed by atoms with van der Waals surface area (Å²) < 4.78 is 17.0. The van der Waals surface area contributed by atoms with Gasteiger partial charge in [0.15, 0.2) is 5.60 Å². The normalized spacial score (nSPS) is 20.7. The maximum absolute atomic E-state index is 11.7. The fourth-order valence-corrected chi connectivity index (χ4v) is 4.62. The molecule has 2 aliphatic rings. The molecule has 2 N–H and O–H groups in total. The maximum atomic E-state index is 11.7. The van der Waals surface area contributed by atoms with Crippen LogP contribution in [0, 0.1) is 0 Å². The molecule has 4 rings (SSSR count). The molecule has 2 aliphatic heterocycles. The van der Waals surface area contributed by atoms with Crippen LogP contribution < -0.4 is 14.4 Å². The Morgan fingerprint density at radius 2 is 1.72 bits per heavy atom. The van der Waals surface area contributed by atoms with Crippen LogP contribution in [0.15, 0.2) is 48.5 Å². The molecule has 194 valence electrons. The van der Waals surface area contributed by atoms with E-state index in [4.69, 9.17) is 14.2 Å². The van der Waals surface area contributed by atoms with Crippen LogP contribution in [0.3, 0.4) is 0 Å². The Labute approximate surface area is 211 Å². The van der Waals surface area contributed by atoms with Gasteiger partial charge in [0.05, 0.1) is 0 Å². The third-order valence-corrected chi connectivity index (χ3v) is 6.69. The van der Waals surface area contributed by atoms with Crippen LogP contribution in [-0.2, 0) is 20.7 Å². The van der Waals surface area contributed by atoms with Crippen molar-refractivity contribution < 1.29 is 34.0 Å². The topological polar surface area (TPSA) is 109 Å². The number of hydrogen-bond donors (Lipinski definition) is 2. The first-order valence-corrected chi connectivity index (χ1v) is 12.4. The smallest absolute Gasteiger partial charge is 0.336 e. The van der Waals surface area contributed by atoms with Gasteiger partial charge in [-0.1, -0.05) is 12.1 Å². The molecule has 0 aromatic heterocycles. The number of anilines is 1. The van der Waals surface area contributed by atoms with Crippen LogP contribution in [0.2, 0.25) is 0 Å². The van der Waals surface area contributed by atoms with Crippen molar-refractivity contribution >= 4 is 17.6 Å². The van der Waals surface area contributed by atoms with E-state index < -0.39 is 17.7 Å². The maximum Gasteiger partial charge on any atom is 0.336 e. The number of carboxylic acid groups (broad SMARTS) is 1. The average Bonchev–Trinajstić information content (AvgIpc) is 3.37. The highest BCUT2D eigenvalue weighted by Gasteiger charge is 2.42. The largest absolute Gasteiger partial charge is 0.491 e. The third kappa shape index (κ3) is 6.47. The lowest BCUT2D eigenvalue weighted by Gasteiger charge is -2.35. The van der Waals surface area contributed by atoms with Crippen LogP contribution >= 0.6 is 0 Å². The van der Waals surface area contributed by atoms with Gasteiger partial charge in [0, 0.05) is 51.8 Å². The Balaban J connectivity index is 1.22. The van der Waals surface area contributed by atoms with Gasteiger partial charge in [-0.3, -0.25) is 4.79 Å². The fraction of sp³-hybridized carbons (Fsp3) is 0.481. The van der Waals surface area contributed by atoms with E-state index in [9.17, 15) is 19.8 Å². The molecular weight excluding hydrogens is 464 g/mol. The van der Waals surface area contributed by atoms with E-state index in [2.05, 4.69) is 4.90 Å².